The van der Waals surface area contributed by atoms with Crippen LogP contribution < -0.4 is 12.4 Å². The van der Waals surface area contributed by atoms with Gasteiger partial charge < -0.3 is 17.5 Å². The Kier molecular flexibility index (Phi) is 8.07. The van der Waals surface area contributed by atoms with Crippen molar-refractivity contribution in [2.24, 2.45) is 0 Å². The Morgan fingerprint density at radius 1 is 1.60 bits per heavy atom. The molecule has 0 saturated heterocycles. The molecule has 1 aliphatic rings. The van der Waals surface area contributed by atoms with E-state index in [2.05, 4.69) is 0 Å². The third-order valence-electron chi connectivity index (χ3n) is 1.34. The van der Waals surface area contributed by atoms with Crippen LogP contribution in [0.3, 0.4) is 0 Å². The van der Waals surface area contributed by atoms with E-state index in [1.54, 1.807) is 6.92 Å². The van der Waals surface area contributed by atoms with Crippen LogP contribution in [0.15, 0.2) is 23.8 Å². The smallest absolute Gasteiger partial charge is 0.0728 e. The minimum Gasteiger partial charge on any atom is -1.00 e. The maximum Gasteiger partial charge on any atom is 0.0728 e. The van der Waals surface area contributed by atoms with Gasteiger partial charge in [0.2, 0.25) is 0 Å². The Morgan fingerprint density at radius 3 is 2.40 bits per heavy atom. The average Bonchev–Trinajstić information content (AvgIpc) is 2.12. The van der Waals surface area contributed by atoms with Crippen LogP contribution in [0.1, 0.15) is 13.3 Å². The molecule has 10 heavy (non-hydrogen) atoms. The first-order chi connectivity index (χ1) is 3.80. The zero-order valence-corrected chi connectivity index (χ0v) is 8.16. The molecule has 1 N–H and O–H groups in total. The Hall–Kier alpha value is 0.444. The van der Waals surface area contributed by atoms with Crippen molar-refractivity contribution in [3.63, 3.8) is 0 Å². The minimum atomic E-state index is -0.259. The van der Waals surface area contributed by atoms with E-state index >= 15 is 0 Å². The van der Waals surface area contributed by atoms with Gasteiger partial charge in [0.25, 0.3) is 0 Å². The average molecular weight is 193 g/mol. The molecule has 0 saturated carbocycles. The molecule has 3 heteroatoms. The standard InChI is InChI=1S/C7H10O.ClH.Ti/c1-6(8)7-4-2-3-5-7;;/h2-4,6,8H,5H2,1H3;1H;/p-1. The number of halogens is 1. The Bertz CT molecular complexity index is 141. The van der Waals surface area contributed by atoms with E-state index < -0.39 is 0 Å². The number of rotatable bonds is 1. The molecule has 1 atom stereocenters. The summed E-state index contributed by atoms with van der Waals surface area (Å²) in [5, 5.41) is 8.94. The van der Waals surface area contributed by atoms with Gasteiger partial charge in [-0.15, -0.1) is 0 Å². The summed E-state index contributed by atoms with van der Waals surface area (Å²) in [5.74, 6) is 0. The van der Waals surface area contributed by atoms with Crippen LogP contribution in [0.4, 0.5) is 0 Å². The second-order valence-corrected chi connectivity index (χ2v) is 2.05. The fourth-order valence-electron chi connectivity index (χ4n) is 0.774. The second-order valence-electron chi connectivity index (χ2n) is 2.05. The molecule has 1 aliphatic carbocycles. The van der Waals surface area contributed by atoms with Crippen molar-refractivity contribution in [3.05, 3.63) is 23.8 Å². The fraction of sp³-hybridized carbons (Fsp3) is 0.429. The number of aliphatic hydroxyl groups excluding tert-OH is 1. The molecule has 0 aromatic carbocycles. The van der Waals surface area contributed by atoms with Gasteiger partial charge >= 0.3 is 0 Å². The molecule has 0 fully saturated rings. The van der Waals surface area contributed by atoms with E-state index in [1.165, 1.54) is 0 Å². The topological polar surface area (TPSA) is 20.2 Å². The Balaban J connectivity index is 0. The van der Waals surface area contributed by atoms with Crippen molar-refractivity contribution >= 4 is 0 Å². The molecule has 0 aliphatic heterocycles. The summed E-state index contributed by atoms with van der Waals surface area (Å²) in [4.78, 5) is 0. The fourth-order valence-corrected chi connectivity index (χ4v) is 0.774. The summed E-state index contributed by atoms with van der Waals surface area (Å²) in [7, 11) is 0. The number of hydrogen-bond acceptors (Lipinski definition) is 1. The maximum absolute atomic E-state index is 8.94. The van der Waals surface area contributed by atoms with Gasteiger partial charge in [0, 0.05) is 21.7 Å². The first-order valence-corrected chi connectivity index (χ1v) is 2.84. The summed E-state index contributed by atoms with van der Waals surface area (Å²) in [5.41, 5.74) is 1.12. The van der Waals surface area contributed by atoms with E-state index in [0.717, 1.165) is 12.0 Å². The van der Waals surface area contributed by atoms with Crippen LogP contribution >= 0.6 is 0 Å². The van der Waals surface area contributed by atoms with Crippen LogP contribution in [0, 0.1) is 0 Å². The summed E-state index contributed by atoms with van der Waals surface area (Å²) >= 11 is 0. The van der Waals surface area contributed by atoms with Crippen LogP contribution in [-0.4, -0.2) is 11.2 Å². The van der Waals surface area contributed by atoms with Crippen molar-refractivity contribution in [2.75, 3.05) is 0 Å². The SMILES string of the molecule is CC(O)C1=CC=CC1.[Cl-].[Ti]. The van der Waals surface area contributed by atoms with Crippen molar-refractivity contribution in [1.82, 2.24) is 0 Å². The van der Waals surface area contributed by atoms with Gasteiger partial charge in [0.15, 0.2) is 0 Å². The van der Waals surface area contributed by atoms with E-state index in [0.29, 0.717) is 0 Å². The molecule has 0 amide bonds. The molecule has 0 radical (unpaired) electrons. The van der Waals surface area contributed by atoms with Gasteiger partial charge in [0.1, 0.15) is 0 Å². The molecule has 1 rings (SSSR count). The predicted octanol–water partition coefficient (Wildman–Crippen LogP) is -1.74. The van der Waals surface area contributed by atoms with Crippen LogP contribution in [0.5, 0.6) is 0 Å². The van der Waals surface area contributed by atoms with Crippen LogP contribution in [0.25, 0.3) is 0 Å². The first kappa shape index (κ1) is 13.1. The van der Waals surface area contributed by atoms with Gasteiger partial charge in [-0.1, -0.05) is 18.2 Å². The Morgan fingerprint density at radius 2 is 2.20 bits per heavy atom. The summed E-state index contributed by atoms with van der Waals surface area (Å²) in [6.07, 6.45) is 6.65. The quantitative estimate of drug-likeness (QED) is 0.490. The molecule has 0 aromatic heterocycles. The second kappa shape index (κ2) is 6.17. The van der Waals surface area contributed by atoms with E-state index in [4.69, 9.17) is 5.11 Å². The molecule has 0 aromatic rings. The number of hydrogen-bond donors (Lipinski definition) is 1. The van der Waals surface area contributed by atoms with Gasteiger partial charge in [-0.2, -0.15) is 0 Å². The van der Waals surface area contributed by atoms with Gasteiger partial charge in [-0.3, -0.25) is 0 Å². The molecule has 0 bridgehead atoms. The van der Waals surface area contributed by atoms with Crippen LogP contribution in [-0.2, 0) is 21.7 Å². The van der Waals surface area contributed by atoms with E-state index in [9.17, 15) is 0 Å². The van der Waals surface area contributed by atoms with E-state index in [-0.39, 0.29) is 40.2 Å². The summed E-state index contributed by atoms with van der Waals surface area (Å²) in [6.45, 7) is 1.79. The largest absolute Gasteiger partial charge is 1.00 e. The van der Waals surface area contributed by atoms with Gasteiger partial charge in [-0.25, -0.2) is 0 Å². The number of allylic oxidation sites excluding steroid dienone is 3. The van der Waals surface area contributed by atoms with Crippen molar-refractivity contribution in [1.29, 1.82) is 0 Å². The van der Waals surface area contributed by atoms with Crippen molar-refractivity contribution in [2.45, 2.75) is 19.4 Å². The molecular weight excluding hydrogens is 183 g/mol. The molecule has 56 valence electrons. The zero-order chi connectivity index (χ0) is 5.98. The van der Waals surface area contributed by atoms with Crippen molar-refractivity contribution in [3.8, 4) is 0 Å². The zero-order valence-electron chi connectivity index (χ0n) is 5.84. The Labute approximate surface area is 82.5 Å². The van der Waals surface area contributed by atoms with Gasteiger partial charge in [0.05, 0.1) is 6.10 Å². The summed E-state index contributed by atoms with van der Waals surface area (Å²) < 4.78 is 0. The van der Waals surface area contributed by atoms with Gasteiger partial charge in [-0.05, 0) is 18.9 Å². The molecule has 1 unspecified atom stereocenters. The predicted molar refractivity (Wildman–Crippen MR) is 33.5 cm³/mol. The normalized spacial score (nSPS) is 16.8. The molecular formula is C7H10ClOTi-. The third kappa shape index (κ3) is 3.57. The molecule has 0 spiro atoms. The monoisotopic (exact) mass is 193 g/mol. The minimum absolute atomic E-state index is 0. The van der Waals surface area contributed by atoms with Crippen LogP contribution in [0.2, 0.25) is 0 Å². The summed E-state index contributed by atoms with van der Waals surface area (Å²) in [6, 6.07) is 0. The number of aliphatic hydroxyl groups is 1. The third-order valence-corrected chi connectivity index (χ3v) is 1.34. The first-order valence-electron chi connectivity index (χ1n) is 2.84. The maximum atomic E-state index is 8.94. The molecule has 0 heterocycles. The molecule has 1 nitrogen and oxygen atoms in total. The van der Waals surface area contributed by atoms with E-state index in [1.807, 2.05) is 18.2 Å². The van der Waals surface area contributed by atoms with Crippen molar-refractivity contribution < 1.29 is 39.2 Å².